The summed E-state index contributed by atoms with van der Waals surface area (Å²) in [5.41, 5.74) is -0.105. The highest BCUT2D eigenvalue weighted by Gasteiger charge is 2.22. The Morgan fingerprint density at radius 2 is 2.17 bits per heavy atom. The van der Waals surface area contributed by atoms with E-state index in [1.807, 2.05) is 26.8 Å². The number of hydrogen-bond donors (Lipinski definition) is 0. The van der Waals surface area contributed by atoms with Gasteiger partial charge in [-0.05, 0) is 18.8 Å². The molecule has 0 aliphatic carbocycles. The lowest BCUT2D eigenvalue weighted by Crippen LogP contribution is -2.18. The SMILES string of the molecule is C=CC(C)(CC)CC(=O)OCC. The second-order valence-corrected chi connectivity index (χ2v) is 3.19. The summed E-state index contributed by atoms with van der Waals surface area (Å²) < 4.78 is 4.85. The van der Waals surface area contributed by atoms with Crippen LogP contribution in [0.15, 0.2) is 12.7 Å². The Morgan fingerprint density at radius 3 is 2.50 bits per heavy atom. The van der Waals surface area contributed by atoms with Crippen molar-refractivity contribution in [1.82, 2.24) is 0 Å². The Kier molecular flexibility index (Phi) is 4.64. The predicted molar refractivity (Wildman–Crippen MR) is 49.8 cm³/mol. The second-order valence-electron chi connectivity index (χ2n) is 3.19. The fourth-order valence-electron chi connectivity index (χ4n) is 0.883. The van der Waals surface area contributed by atoms with E-state index in [0.717, 1.165) is 6.42 Å². The summed E-state index contributed by atoms with van der Waals surface area (Å²) in [4.78, 5) is 11.1. The molecular formula is C10H18O2. The van der Waals surface area contributed by atoms with Crippen LogP contribution in [0.1, 0.15) is 33.6 Å². The van der Waals surface area contributed by atoms with Gasteiger partial charge < -0.3 is 4.74 Å². The molecular weight excluding hydrogens is 152 g/mol. The molecule has 0 aromatic rings. The van der Waals surface area contributed by atoms with E-state index in [4.69, 9.17) is 4.74 Å². The molecule has 2 heteroatoms. The van der Waals surface area contributed by atoms with Crippen molar-refractivity contribution in [2.45, 2.75) is 33.6 Å². The van der Waals surface area contributed by atoms with Crippen molar-refractivity contribution in [2.24, 2.45) is 5.41 Å². The molecule has 0 radical (unpaired) electrons. The van der Waals surface area contributed by atoms with Gasteiger partial charge in [0.25, 0.3) is 0 Å². The first-order valence-electron chi connectivity index (χ1n) is 4.37. The number of carbonyl (C=O) groups is 1. The van der Waals surface area contributed by atoms with Gasteiger partial charge in [-0.2, -0.15) is 0 Å². The van der Waals surface area contributed by atoms with Gasteiger partial charge in [0.1, 0.15) is 0 Å². The first-order chi connectivity index (χ1) is 5.58. The smallest absolute Gasteiger partial charge is 0.306 e. The van der Waals surface area contributed by atoms with Crippen molar-refractivity contribution in [1.29, 1.82) is 0 Å². The first-order valence-corrected chi connectivity index (χ1v) is 4.37. The van der Waals surface area contributed by atoms with Crippen LogP contribution in [0.4, 0.5) is 0 Å². The zero-order valence-electron chi connectivity index (χ0n) is 8.22. The van der Waals surface area contributed by atoms with Gasteiger partial charge in [-0.25, -0.2) is 0 Å². The Hall–Kier alpha value is -0.790. The molecule has 0 spiro atoms. The number of rotatable bonds is 5. The molecule has 0 aromatic heterocycles. The largest absolute Gasteiger partial charge is 0.466 e. The molecule has 70 valence electrons. The zero-order chi connectivity index (χ0) is 9.61. The molecule has 0 saturated heterocycles. The molecule has 12 heavy (non-hydrogen) atoms. The Balaban J connectivity index is 4.02. The van der Waals surface area contributed by atoms with Gasteiger partial charge in [-0.1, -0.05) is 19.9 Å². The first kappa shape index (κ1) is 11.2. The van der Waals surface area contributed by atoms with Crippen LogP contribution in [-0.4, -0.2) is 12.6 Å². The maximum absolute atomic E-state index is 11.1. The van der Waals surface area contributed by atoms with Gasteiger partial charge in [0.15, 0.2) is 0 Å². The number of allylic oxidation sites excluding steroid dienone is 1. The molecule has 0 N–H and O–H groups in total. The van der Waals surface area contributed by atoms with Crippen molar-refractivity contribution in [3.05, 3.63) is 12.7 Å². The number of esters is 1. The maximum atomic E-state index is 11.1. The average Bonchev–Trinajstić information content (AvgIpc) is 2.05. The lowest BCUT2D eigenvalue weighted by Gasteiger charge is -2.21. The summed E-state index contributed by atoms with van der Waals surface area (Å²) in [6.45, 7) is 10.0. The molecule has 0 saturated carbocycles. The summed E-state index contributed by atoms with van der Waals surface area (Å²) in [7, 11) is 0. The summed E-state index contributed by atoms with van der Waals surface area (Å²) in [6.07, 6.45) is 3.17. The minimum Gasteiger partial charge on any atom is -0.466 e. The quantitative estimate of drug-likeness (QED) is 0.468. The number of carbonyl (C=O) groups excluding carboxylic acids is 1. The van der Waals surface area contributed by atoms with Crippen LogP contribution in [-0.2, 0) is 9.53 Å². The zero-order valence-corrected chi connectivity index (χ0v) is 8.22. The van der Waals surface area contributed by atoms with E-state index in [1.165, 1.54) is 0 Å². The molecule has 0 rings (SSSR count). The van der Waals surface area contributed by atoms with E-state index in [9.17, 15) is 4.79 Å². The highest BCUT2D eigenvalue weighted by molar-refractivity contribution is 5.70. The minimum absolute atomic E-state index is 0.105. The number of ether oxygens (including phenoxy) is 1. The molecule has 1 unspecified atom stereocenters. The van der Waals surface area contributed by atoms with Gasteiger partial charge in [0.05, 0.1) is 13.0 Å². The molecule has 0 aromatic carbocycles. The maximum Gasteiger partial charge on any atom is 0.306 e. The van der Waals surface area contributed by atoms with Crippen molar-refractivity contribution in [2.75, 3.05) is 6.61 Å². The third-order valence-electron chi connectivity index (χ3n) is 2.15. The summed E-state index contributed by atoms with van der Waals surface area (Å²) in [5, 5.41) is 0. The van der Waals surface area contributed by atoms with Crippen LogP contribution >= 0.6 is 0 Å². The molecule has 0 aliphatic heterocycles. The summed E-state index contributed by atoms with van der Waals surface area (Å²) >= 11 is 0. The van der Waals surface area contributed by atoms with E-state index in [0.29, 0.717) is 13.0 Å². The lowest BCUT2D eigenvalue weighted by molar-refractivity contribution is -0.145. The van der Waals surface area contributed by atoms with E-state index >= 15 is 0 Å². The summed E-state index contributed by atoms with van der Waals surface area (Å²) in [5.74, 6) is -0.137. The van der Waals surface area contributed by atoms with Crippen molar-refractivity contribution in [3.63, 3.8) is 0 Å². The second kappa shape index (κ2) is 4.96. The van der Waals surface area contributed by atoms with Crippen molar-refractivity contribution in [3.8, 4) is 0 Å². The monoisotopic (exact) mass is 170 g/mol. The van der Waals surface area contributed by atoms with Crippen molar-refractivity contribution >= 4 is 5.97 Å². The molecule has 2 nitrogen and oxygen atoms in total. The van der Waals surface area contributed by atoms with Crippen LogP contribution in [0.5, 0.6) is 0 Å². The van der Waals surface area contributed by atoms with E-state index in [1.54, 1.807) is 0 Å². The standard InChI is InChI=1S/C10H18O2/c1-5-10(4,6-2)8-9(11)12-7-3/h5H,1,6-8H2,2-4H3. The van der Waals surface area contributed by atoms with Gasteiger partial charge >= 0.3 is 5.97 Å². The Labute approximate surface area is 74.6 Å². The van der Waals surface area contributed by atoms with Gasteiger partial charge in [-0.15, -0.1) is 6.58 Å². The fraction of sp³-hybridized carbons (Fsp3) is 0.700. The van der Waals surface area contributed by atoms with Crippen LogP contribution in [0.3, 0.4) is 0 Å². The highest BCUT2D eigenvalue weighted by atomic mass is 16.5. The minimum atomic E-state index is -0.137. The van der Waals surface area contributed by atoms with Crippen LogP contribution in [0.2, 0.25) is 0 Å². The molecule has 0 bridgehead atoms. The van der Waals surface area contributed by atoms with Gasteiger partial charge in [-0.3, -0.25) is 4.79 Å². The molecule has 0 amide bonds. The normalized spacial score (nSPS) is 14.9. The van der Waals surface area contributed by atoms with Crippen LogP contribution in [0.25, 0.3) is 0 Å². The van der Waals surface area contributed by atoms with Crippen LogP contribution in [0, 0.1) is 5.41 Å². The third kappa shape index (κ3) is 3.56. The average molecular weight is 170 g/mol. The number of hydrogen-bond acceptors (Lipinski definition) is 2. The fourth-order valence-corrected chi connectivity index (χ4v) is 0.883. The summed E-state index contributed by atoms with van der Waals surface area (Å²) in [6, 6.07) is 0. The van der Waals surface area contributed by atoms with Crippen LogP contribution < -0.4 is 0 Å². The van der Waals surface area contributed by atoms with Gasteiger partial charge in [0.2, 0.25) is 0 Å². The Morgan fingerprint density at radius 1 is 1.58 bits per heavy atom. The van der Waals surface area contributed by atoms with Gasteiger partial charge in [0, 0.05) is 0 Å². The third-order valence-corrected chi connectivity index (χ3v) is 2.15. The topological polar surface area (TPSA) is 26.3 Å². The molecule has 1 atom stereocenters. The van der Waals surface area contributed by atoms with E-state index in [2.05, 4.69) is 6.58 Å². The highest BCUT2D eigenvalue weighted by Crippen LogP contribution is 2.26. The molecule has 0 fully saturated rings. The lowest BCUT2D eigenvalue weighted by atomic mass is 9.84. The predicted octanol–water partition coefficient (Wildman–Crippen LogP) is 2.54. The van der Waals surface area contributed by atoms with E-state index < -0.39 is 0 Å². The molecule has 0 aliphatic rings. The Bertz CT molecular complexity index is 163. The van der Waals surface area contributed by atoms with Crippen molar-refractivity contribution < 1.29 is 9.53 Å². The molecule has 0 heterocycles. The van der Waals surface area contributed by atoms with E-state index in [-0.39, 0.29) is 11.4 Å².